The first kappa shape index (κ1) is 107. The number of carboxylic acids is 2. The third kappa shape index (κ3) is 34.7. The van der Waals surface area contributed by atoms with Crippen LogP contribution in [-0.4, -0.2) is 127 Å². The summed E-state index contributed by atoms with van der Waals surface area (Å²) >= 11 is -0.417. The number of benzene rings is 8. The van der Waals surface area contributed by atoms with Gasteiger partial charge in [0.1, 0.15) is 23.1 Å². The largest absolute Gasteiger partial charge is 1.00 e. The molecule has 12 rings (SSSR count). The predicted octanol–water partition coefficient (Wildman–Crippen LogP) is -1.39. The number of nitrogens with one attached hydrogen (secondary N) is 4. The third-order valence-electron chi connectivity index (χ3n) is 17.6. The molecule has 624 valence electrons. The second-order valence-corrected chi connectivity index (χ2v) is 26.3. The van der Waals surface area contributed by atoms with Crippen molar-refractivity contribution in [3.05, 3.63) is 399 Å². The van der Waals surface area contributed by atoms with Crippen molar-refractivity contribution >= 4 is 67.1 Å². The summed E-state index contributed by atoms with van der Waals surface area (Å²) in [7, 11) is -1.81. The zero-order valence-electron chi connectivity index (χ0n) is 68.0. The van der Waals surface area contributed by atoms with E-state index in [0.29, 0.717) is 6.29 Å². The Morgan fingerprint density at radius 1 is 0.411 bits per heavy atom. The summed E-state index contributed by atoms with van der Waals surface area (Å²) in [5.41, 5.74) is 5.16. The molecule has 12 aromatic rings. The number of esters is 1. The van der Waals surface area contributed by atoms with Crippen LogP contribution in [0.15, 0.2) is 287 Å². The monoisotopic (exact) mass is 1770 g/mol. The number of hydrogen-bond acceptors (Lipinski definition) is 26. The molecule has 0 amide bonds. The number of carbonyl (C=O) groups is 10. The van der Waals surface area contributed by atoms with Crippen LogP contribution in [0.4, 0.5) is 0 Å². The Balaban J connectivity index is 0.000000542. The summed E-state index contributed by atoms with van der Waals surface area (Å²) in [5.74, 6) is -7.52. The molecule has 0 aliphatic rings. The van der Waals surface area contributed by atoms with Crippen LogP contribution in [0.3, 0.4) is 0 Å². The molecular formula is C87H77ClKN8Na2O24P. The zero-order chi connectivity index (χ0) is 86.9. The van der Waals surface area contributed by atoms with Crippen LogP contribution in [0.5, 0.6) is 0 Å². The second kappa shape index (κ2) is 57.6. The SMILES string of the molecule is COC(=O)CCC(=O)c1ncc(CC(=O)C(c2ccccc2)c2ccccc2)c(=O)[nH]1.O=C(O)CCC(=O)c1ncc(CC(=O)C(c2ccccc2)c2ccccc2)c(=O)[nH]1.O=C(O)c1ncc(CC(=O)C(c2ccccc2)c2ccccc2)c(=O)[nH]1.O=Cc1ncc(CC(=O)C(c2ccccc2)c2ccccc2)c(=O)[nH]1.O=[P+]([O-])OO.[H-].[K+].[Na+].[Na+].[O-][Cl+][O-].[OH-]. The van der Waals surface area contributed by atoms with E-state index < -0.39 is 101 Å². The molecule has 37 heteroatoms. The molecule has 1 unspecified atom stereocenters. The topological polar surface area (TPSA) is 549 Å². The Bertz CT molecular complexity index is 5580. The summed E-state index contributed by atoms with van der Waals surface area (Å²) in [6.07, 6.45) is 4.02. The number of carboxylic acid groups (broad SMARTS) is 2. The first-order valence-electron chi connectivity index (χ1n) is 36.1. The molecule has 0 saturated carbocycles. The number of aliphatic carboxylic acids is 1. The average molecular weight is 1770 g/mol. The van der Waals surface area contributed by atoms with E-state index in [1.165, 1.54) is 25.7 Å². The van der Waals surface area contributed by atoms with Crippen LogP contribution < -0.4 is 147 Å². The third-order valence-corrected chi connectivity index (χ3v) is 17.7. The zero-order valence-corrected chi connectivity index (χ0v) is 75.8. The van der Waals surface area contributed by atoms with Gasteiger partial charge in [0.25, 0.3) is 22.2 Å². The Kier molecular flexibility index (Phi) is 49.8. The van der Waals surface area contributed by atoms with Gasteiger partial charge in [0.15, 0.2) is 35.3 Å². The van der Waals surface area contributed by atoms with Gasteiger partial charge >= 0.3 is 137 Å². The fraction of sp³-hybridized carbons (Fsp3) is 0.149. The number of aromatic nitrogens is 8. The van der Waals surface area contributed by atoms with Gasteiger partial charge in [-0.3, -0.25) is 62.3 Å². The molecule has 0 saturated heterocycles. The summed E-state index contributed by atoms with van der Waals surface area (Å²) in [4.78, 5) is 202. The van der Waals surface area contributed by atoms with Gasteiger partial charge in [0.2, 0.25) is 5.82 Å². The smallest absolute Gasteiger partial charge is 1.00 e. The second-order valence-electron chi connectivity index (χ2n) is 25.6. The standard InChI is InChI=1S/C24H22N2O5.C23H20N2O5.C20H16N2O4.C20H16N2O3.ClO2.K.2Na.HO4P.H2O.H/c1-31-21(29)13-12-19(27)23-25-15-18(24(30)26-23)14-20(28)22(16-8-4-2-5-9-16)17-10-6-3-7-11-17;26-18(11-12-20(28)29)22-24-14-17(23(30)25-22)13-19(27)21(15-7-3-1-4-8-15)16-9-5-2-6-10-16;23-16(11-15-12-21-18(20(25)26)22-19(15)24)17(13-7-3-1-4-8-13)14-9-5-2-6-10-14;23-13-18-21-12-16(20(25)22-18)11-17(24)19(14-7-3-1-4-8-14)15-9-5-2-6-10-15;2-1-3;;;;1-4-5(2)3;;/h2-11,15,22H,12-14H2,1H3,(H,25,26,30);1-10,14,21H,11-13H2,(H,28,29)(H,24,25,30);1-10,12,17H,11H2,(H,25,26)(H,21,22,24);1-10,12-13,19H,11H2,(H,21,22,25);;;;;1H;1H2;/q;;;;-1;3*+1;;;-1/p-1. The summed E-state index contributed by atoms with van der Waals surface area (Å²) < 4.78 is 32.6. The molecule has 0 bridgehead atoms. The van der Waals surface area contributed by atoms with Crippen LogP contribution in [-0.2, 0) is 68.4 Å². The fourth-order valence-corrected chi connectivity index (χ4v) is 12.0. The maximum Gasteiger partial charge on any atom is 1.00 e. The molecule has 8 N–H and O–H groups in total. The summed E-state index contributed by atoms with van der Waals surface area (Å²) in [5, 5.41) is 24.6. The van der Waals surface area contributed by atoms with Crippen LogP contribution in [0.1, 0.15) is 160 Å². The first-order chi connectivity index (χ1) is 57.9. The Morgan fingerprint density at radius 3 is 0.831 bits per heavy atom. The van der Waals surface area contributed by atoms with E-state index in [0.717, 1.165) is 50.7 Å². The van der Waals surface area contributed by atoms with Crippen molar-refractivity contribution in [3.8, 4) is 0 Å². The van der Waals surface area contributed by atoms with Crippen molar-refractivity contribution in [1.29, 1.82) is 0 Å². The number of aromatic carboxylic acids is 1. The minimum Gasteiger partial charge on any atom is -1.00 e. The Hall–Kier alpha value is -10.8. The number of carbonyl (C=O) groups excluding carboxylic acids is 8. The number of methoxy groups -OCH3 is 1. The minimum absolute atomic E-state index is 0. The van der Waals surface area contributed by atoms with Crippen LogP contribution in [0, 0.1) is 11.3 Å². The van der Waals surface area contributed by atoms with Crippen molar-refractivity contribution in [2.45, 2.75) is 75.0 Å². The van der Waals surface area contributed by atoms with E-state index in [-0.39, 0.29) is 232 Å². The van der Waals surface area contributed by atoms with E-state index in [9.17, 15) is 67.1 Å². The van der Waals surface area contributed by atoms with Crippen LogP contribution >= 0.6 is 8.25 Å². The quantitative estimate of drug-likeness (QED) is 0.00500. The summed E-state index contributed by atoms with van der Waals surface area (Å²) in [6, 6.07) is 74.8. The molecule has 32 nitrogen and oxygen atoms in total. The van der Waals surface area contributed by atoms with Crippen LogP contribution in [0.2, 0.25) is 0 Å². The molecule has 0 spiro atoms. The van der Waals surface area contributed by atoms with Gasteiger partial charge in [-0.1, -0.05) is 243 Å². The molecule has 124 heavy (non-hydrogen) atoms. The van der Waals surface area contributed by atoms with Gasteiger partial charge in [0, 0.05) is 90.2 Å². The summed E-state index contributed by atoms with van der Waals surface area (Å²) in [6.45, 7) is 0. The number of ketones is 6. The van der Waals surface area contributed by atoms with Crippen molar-refractivity contribution in [2.24, 2.45) is 0 Å². The Morgan fingerprint density at radius 2 is 0.629 bits per heavy atom. The molecule has 0 fully saturated rings. The number of ether oxygens (including phenoxy) is 1. The van der Waals surface area contributed by atoms with Crippen molar-refractivity contribution in [3.63, 3.8) is 0 Å². The number of H-pyrrole nitrogens is 4. The molecular weight excluding hydrogens is 1690 g/mol. The van der Waals surface area contributed by atoms with E-state index in [4.69, 9.17) is 34.2 Å². The number of Topliss-reactive ketones (excluding diaryl/α,β-unsaturated/α-hetero) is 6. The van der Waals surface area contributed by atoms with Crippen molar-refractivity contribution in [2.75, 3.05) is 7.11 Å². The average Bonchev–Trinajstić information content (AvgIpc) is 0.828. The molecule has 4 aromatic heterocycles. The van der Waals surface area contributed by atoms with Crippen molar-refractivity contribution in [1.82, 2.24) is 39.9 Å². The number of hydrogen-bond donors (Lipinski definition) is 7. The number of aromatic amines is 4. The molecule has 0 aliphatic carbocycles. The van der Waals surface area contributed by atoms with Gasteiger partial charge < -0.3 is 56.0 Å². The fourth-order valence-electron chi connectivity index (χ4n) is 12.0. The number of rotatable bonds is 31. The number of aldehydes is 1. The maximum absolute atomic E-state index is 13.2. The normalized spacial score (nSPS) is 10.2. The molecule has 1 atom stereocenters. The van der Waals surface area contributed by atoms with Crippen LogP contribution in [0.25, 0.3) is 0 Å². The van der Waals surface area contributed by atoms with E-state index >= 15 is 0 Å². The van der Waals surface area contributed by atoms with E-state index in [1.54, 1.807) is 0 Å². The Labute approximate surface area is 800 Å². The minimum atomic E-state index is -3.04. The van der Waals surface area contributed by atoms with E-state index in [2.05, 4.69) is 49.3 Å². The number of halogens is 1. The first-order valence-corrected chi connectivity index (χ1v) is 37.8. The predicted molar refractivity (Wildman–Crippen MR) is 427 cm³/mol. The molecule has 0 aliphatic heterocycles. The maximum atomic E-state index is 13.2. The van der Waals surface area contributed by atoms with Gasteiger partial charge in [-0.15, -0.1) is 0 Å². The van der Waals surface area contributed by atoms with Crippen molar-refractivity contribution < 1.29 is 220 Å². The molecule has 4 heterocycles. The van der Waals surface area contributed by atoms with Gasteiger partial charge in [-0.05, 0) is 49.1 Å². The number of nitrogens with zero attached hydrogens (tertiary/aromatic N) is 4. The van der Waals surface area contributed by atoms with Gasteiger partial charge in [-0.2, -0.15) is 0 Å². The molecule has 0 radical (unpaired) electrons. The molecule has 8 aromatic carbocycles. The van der Waals surface area contributed by atoms with E-state index in [1.807, 2.05) is 243 Å². The van der Waals surface area contributed by atoms with Gasteiger partial charge in [0.05, 0.1) is 54.9 Å². The van der Waals surface area contributed by atoms with Gasteiger partial charge in [-0.25, -0.2) is 30.0 Å².